The predicted octanol–water partition coefficient (Wildman–Crippen LogP) is 2.84. The van der Waals surface area contributed by atoms with Gasteiger partial charge < -0.3 is 10.0 Å². The maximum absolute atomic E-state index is 12.2. The zero-order chi connectivity index (χ0) is 21.5. The average Bonchev–Trinajstić information content (AvgIpc) is 3.01. The van der Waals surface area contributed by atoms with E-state index in [4.69, 9.17) is 5.14 Å². The monoisotopic (exact) mass is 493 g/mol. The highest BCUT2D eigenvalue weighted by atomic mass is 79.9. The fourth-order valence-electron chi connectivity index (χ4n) is 5.06. The van der Waals surface area contributed by atoms with Crippen molar-refractivity contribution >= 4 is 32.7 Å². The second kappa shape index (κ2) is 8.26. The van der Waals surface area contributed by atoms with Crippen molar-refractivity contribution in [2.24, 2.45) is 10.6 Å². The van der Waals surface area contributed by atoms with Crippen LogP contribution in [0, 0.1) is 5.41 Å². The summed E-state index contributed by atoms with van der Waals surface area (Å²) in [5.74, 6) is 1.03. The summed E-state index contributed by atoms with van der Waals surface area (Å²) in [5, 5.41) is 15.6. The van der Waals surface area contributed by atoms with Crippen molar-refractivity contribution in [1.82, 2.24) is 15.0 Å². The van der Waals surface area contributed by atoms with Crippen LogP contribution in [0.2, 0.25) is 0 Å². The molecule has 3 N–H and O–H groups in total. The molecule has 1 saturated heterocycles. The molecule has 1 aliphatic heterocycles. The molecule has 0 bridgehead atoms. The lowest BCUT2D eigenvalue weighted by Gasteiger charge is -2.45. The molecular weight excluding hydrogens is 466 g/mol. The molecule has 2 aliphatic rings. The highest BCUT2D eigenvalue weighted by molar-refractivity contribution is 9.10. The van der Waals surface area contributed by atoms with Gasteiger partial charge >= 0.3 is 0 Å². The largest absolute Gasteiger partial charge is 0.390 e. The number of hydrogen-bond acceptors (Lipinski definition) is 6. The van der Waals surface area contributed by atoms with E-state index in [2.05, 4.69) is 41.8 Å². The Morgan fingerprint density at radius 1 is 1.37 bits per heavy atom. The van der Waals surface area contributed by atoms with Gasteiger partial charge in [0.05, 0.1) is 28.5 Å². The molecule has 9 heteroatoms. The minimum atomic E-state index is -1.39. The number of aliphatic hydroxyl groups excluding tert-OH is 1. The summed E-state index contributed by atoms with van der Waals surface area (Å²) in [6, 6.07) is 4.17. The van der Waals surface area contributed by atoms with Crippen LogP contribution < -0.4 is 10.0 Å². The van der Waals surface area contributed by atoms with E-state index >= 15 is 0 Å². The number of aliphatic hydroxyl groups is 1. The fraction of sp³-hybridized carbons (Fsp3) is 0.571. The van der Waals surface area contributed by atoms with Gasteiger partial charge in [-0.05, 0) is 78.4 Å². The molecule has 1 aliphatic carbocycles. The van der Waals surface area contributed by atoms with E-state index in [-0.39, 0.29) is 17.9 Å². The topological polar surface area (TPSA) is 105 Å². The molecule has 7 nitrogen and oxygen atoms in total. The highest BCUT2D eigenvalue weighted by Crippen LogP contribution is 2.56. The fourth-order valence-corrected chi connectivity index (χ4v) is 5.71. The van der Waals surface area contributed by atoms with Gasteiger partial charge in [-0.25, -0.2) is 14.2 Å². The summed E-state index contributed by atoms with van der Waals surface area (Å²) < 4.78 is 12.4. The van der Waals surface area contributed by atoms with Crippen LogP contribution in [0.15, 0.2) is 29.1 Å². The lowest BCUT2D eigenvalue weighted by molar-refractivity contribution is 0.169. The van der Waals surface area contributed by atoms with E-state index in [1.165, 1.54) is 5.56 Å². The molecule has 0 radical (unpaired) electrons. The first-order valence-corrected chi connectivity index (χ1v) is 12.2. The van der Waals surface area contributed by atoms with E-state index < -0.39 is 15.7 Å². The SMILES string of the molecule is CC(C)(C[C@@H]1c2cccnc2CC12CCN(c1ncc(Br)nc1CO)CC2)S(N)=O. The van der Waals surface area contributed by atoms with Gasteiger partial charge in [-0.2, -0.15) is 0 Å². The minimum Gasteiger partial charge on any atom is -0.390 e. The molecule has 2 atom stereocenters. The maximum Gasteiger partial charge on any atom is 0.152 e. The Hall–Kier alpha value is -1.42. The number of anilines is 1. The molecule has 2 aromatic heterocycles. The summed E-state index contributed by atoms with van der Waals surface area (Å²) in [4.78, 5) is 15.8. The van der Waals surface area contributed by atoms with E-state index in [0.29, 0.717) is 10.3 Å². The first kappa shape index (κ1) is 21.8. The molecule has 1 fully saturated rings. The van der Waals surface area contributed by atoms with Gasteiger partial charge in [0, 0.05) is 25.0 Å². The number of aromatic nitrogens is 3. The number of halogens is 1. The lowest BCUT2D eigenvalue weighted by atomic mass is 9.67. The summed E-state index contributed by atoms with van der Waals surface area (Å²) in [6.07, 6.45) is 7.20. The molecule has 2 aromatic rings. The zero-order valence-corrected chi connectivity index (χ0v) is 19.7. The number of nitrogens with two attached hydrogens (primary N) is 1. The van der Waals surface area contributed by atoms with Crippen LogP contribution in [0.25, 0.3) is 0 Å². The zero-order valence-electron chi connectivity index (χ0n) is 17.3. The van der Waals surface area contributed by atoms with E-state index in [1.807, 2.05) is 26.1 Å². The quantitative estimate of drug-likeness (QED) is 0.663. The van der Waals surface area contributed by atoms with Crippen molar-refractivity contribution in [3.63, 3.8) is 0 Å². The molecule has 1 unspecified atom stereocenters. The molecule has 30 heavy (non-hydrogen) atoms. The molecule has 0 amide bonds. The normalized spacial score (nSPS) is 21.6. The van der Waals surface area contributed by atoms with Crippen LogP contribution in [0.4, 0.5) is 5.82 Å². The van der Waals surface area contributed by atoms with Gasteiger partial charge in [-0.1, -0.05) is 6.07 Å². The van der Waals surface area contributed by atoms with Crippen LogP contribution in [0.5, 0.6) is 0 Å². The highest BCUT2D eigenvalue weighted by Gasteiger charge is 2.50. The number of piperidine rings is 1. The van der Waals surface area contributed by atoms with Crippen molar-refractivity contribution in [2.45, 2.75) is 56.8 Å². The molecular formula is C21H28BrN5O2S. The van der Waals surface area contributed by atoms with Gasteiger partial charge in [0.2, 0.25) is 0 Å². The lowest BCUT2D eigenvalue weighted by Crippen LogP contribution is -2.45. The van der Waals surface area contributed by atoms with Crippen LogP contribution >= 0.6 is 15.9 Å². The number of rotatable bonds is 5. The molecule has 162 valence electrons. The van der Waals surface area contributed by atoms with E-state index in [1.54, 1.807) is 6.20 Å². The van der Waals surface area contributed by atoms with Crippen LogP contribution in [-0.2, 0) is 24.0 Å². The number of pyridine rings is 1. The van der Waals surface area contributed by atoms with Crippen molar-refractivity contribution in [1.29, 1.82) is 0 Å². The number of fused-ring (bicyclic) bond motifs is 1. The minimum absolute atomic E-state index is 0.0754. The maximum atomic E-state index is 12.2. The Kier molecular flexibility index (Phi) is 6.00. The van der Waals surface area contributed by atoms with Crippen molar-refractivity contribution in [3.8, 4) is 0 Å². The van der Waals surface area contributed by atoms with E-state index in [9.17, 15) is 9.32 Å². The van der Waals surface area contributed by atoms with Gasteiger partial charge in [0.1, 0.15) is 10.3 Å². The Bertz CT molecular complexity index is 962. The van der Waals surface area contributed by atoms with Crippen molar-refractivity contribution in [3.05, 3.63) is 46.1 Å². The van der Waals surface area contributed by atoms with Crippen molar-refractivity contribution < 1.29 is 9.32 Å². The number of hydrogen-bond donors (Lipinski definition) is 2. The standard InChI is InChI=1S/C21H28BrN5O2S/c1-20(2,30(23)29)10-15-14-4-3-7-24-16(14)11-21(15)5-8-27(9-6-21)19-17(13-28)26-18(22)12-25-19/h3-4,7,12,15,28H,5-6,8-11,13,23H2,1-2H3/t15-,30?/m1/s1. The molecule has 1 spiro atoms. The molecule has 0 aromatic carbocycles. The van der Waals surface area contributed by atoms with Gasteiger partial charge in [0.15, 0.2) is 5.82 Å². The van der Waals surface area contributed by atoms with Crippen LogP contribution in [-0.4, -0.2) is 42.1 Å². The smallest absolute Gasteiger partial charge is 0.152 e. The van der Waals surface area contributed by atoms with Gasteiger partial charge in [-0.15, -0.1) is 0 Å². The second-order valence-electron chi connectivity index (χ2n) is 9.00. The second-order valence-corrected chi connectivity index (χ2v) is 11.5. The molecule has 4 rings (SSSR count). The summed E-state index contributed by atoms with van der Waals surface area (Å²) in [6.45, 7) is 5.51. The van der Waals surface area contributed by atoms with Gasteiger partial charge in [0.25, 0.3) is 0 Å². The summed E-state index contributed by atoms with van der Waals surface area (Å²) in [7, 11) is -1.39. The third-order valence-electron chi connectivity index (χ3n) is 6.80. The van der Waals surface area contributed by atoms with Crippen molar-refractivity contribution in [2.75, 3.05) is 18.0 Å². The van der Waals surface area contributed by atoms with Crippen LogP contribution in [0.1, 0.15) is 56.0 Å². The Morgan fingerprint density at radius 3 is 2.77 bits per heavy atom. The predicted molar refractivity (Wildman–Crippen MR) is 121 cm³/mol. The third-order valence-corrected chi connectivity index (χ3v) is 8.44. The van der Waals surface area contributed by atoms with Crippen LogP contribution in [0.3, 0.4) is 0 Å². The summed E-state index contributed by atoms with van der Waals surface area (Å²) in [5.41, 5.74) is 3.11. The molecule has 3 heterocycles. The third kappa shape index (κ3) is 3.92. The Labute approximate surface area is 188 Å². The number of nitrogens with zero attached hydrogens (tertiary/aromatic N) is 4. The summed E-state index contributed by atoms with van der Waals surface area (Å²) >= 11 is 3.33. The first-order chi connectivity index (χ1) is 14.3. The van der Waals surface area contributed by atoms with Gasteiger partial charge in [-0.3, -0.25) is 10.1 Å². The molecule has 0 saturated carbocycles. The first-order valence-electron chi connectivity index (χ1n) is 10.2. The Balaban J connectivity index is 1.61. The average molecular weight is 494 g/mol. The Morgan fingerprint density at radius 2 is 2.10 bits per heavy atom. The van der Waals surface area contributed by atoms with E-state index in [0.717, 1.165) is 50.3 Å².